The summed E-state index contributed by atoms with van der Waals surface area (Å²) in [4.78, 5) is 0. The van der Waals surface area contributed by atoms with E-state index in [9.17, 15) is 13.9 Å². The second-order valence-corrected chi connectivity index (χ2v) is 5.37. The maximum atomic E-state index is 14.0. The fraction of sp³-hybridized carbons (Fsp3) is 0.200. The van der Waals surface area contributed by atoms with Crippen molar-refractivity contribution in [1.82, 2.24) is 0 Å². The summed E-state index contributed by atoms with van der Waals surface area (Å²) >= 11 is 3.19. The molecule has 0 amide bonds. The van der Waals surface area contributed by atoms with Gasteiger partial charge in [-0.3, -0.25) is 0 Å². The van der Waals surface area contributed by atoms with E-state index in [4.69, 9.17) is 0 Å². The van der Waals surface area contributed by atoms with Gasteiger partial charge in [0.2, 0.25) is 0 Å². The van der Waals surface area contributed by atoms with Gasteiger partial charge in [-0.15, -0.1) is 0 Å². The summed E-state index contributed by atoms with van der Waals surface area (Å²) in [6.07, 6.45) is -1.34. The molecule has 0 heterocycles. The van der Waals surface area contributed by atoms with Crippen molar-refractivity contribution in [3.05, 3.63) is 68.7 Å². The lowest BCUT2D eigenvalue weighted by atomic mass is 9.95. The Labute approximate surface area is 119 Å². The van der Waals surface area contributed by atoms with Gasteiger partial charge in [0.05, 0.1) is 0 Å². The van der Waals surface area contributed by atoms with Crippen molar-refractivity contribution in [2.45, 2.75) is 20.0 Å². The minimum absolute atomic E-state index is 0.0494. The molecule has 1 unspecified atom stereocenters. The van der Waals surface area contributed by atoms with E-state index in [1.807, 2.05) is 0 Å². The molecule has 1 nitrogen and oxygen atoms in total. The lowest BCUT2D eigenvalue weighted by Gasteiger charge is -2.17. The largest absolute Gasteiger partial charge is 0.383 e. The number of hydrogen-bond donors (Lipinski definition) is 1. The van der Waals surface area contributed by atoms with Crippen LogP contribution < -0.4 is 0 Å². The highest BCUT2D eigenvalue weighted by Gasteiger charge is 2.23. The van der Waals surface area contributed by atoms with Crippen molar-refractivity contribution in [2.24, 2.45) is 0 Å². The van der Waals surface area contributed by atoms with Crippen molar-refractivity contribution in [3.63, 3.8) is 0 Å². The van der Waals surface area contributed by atoms with Gasteiger partial charge in [-0.2, -0.15) is 0 Å². The van der Waals surface area contributed by atoms with E-state index < -0.39 is 17.7 Å². The number of rotatable bonds is 2. The maximum absolute atomic E-state index is 14.0. The highest BCUT2D eigenvalue weighted by molar-refractivity contribution is 9.10. The summed E-state index contributed by atoms with van der Waals surface area (Å²) in [5.41, 5.74) is 1.52. The molecule has 0 saturated heterocycles. The first-order valence-electron chi connectivity index (χ1n) is 5.80. The minimum atomic E-state index is -1.34. The number of aryl methyl sites for hydroxylation is 2. The Morgan fingerprint density at radius 2 is 1.74 bits per heavy atom. The molecule has 0 aliphatic heterocycles. The Bertz CT molecular complexity index is 582. The van der Waals surface area contributed by atoms with Gasteiger partial charge in [-0.05, 0) is 43.2 Å². The molecule has 0 fully saturated rings. The molecule has 2 aromatic rings. The SMILES string of the molecule is Cc1cc(C)c(C(O)c2c(F)cccc2Br)c(F)c1. The molecule has 0 aliphatic rings. The molecule has 1 N–H and O–H groups in total. The molecule has 1 atom stereocenters. The Morgan fingerprint density at radius 3 is 2.32 bits per heavy atom. The molecular weight excluding hydrogens is 314 g/mol. The van der Waals surface area contributed by atoms with Crippen LogP contribution in [0.4, 0.5) is 8.78 Å². The summed E-state index contributed by atoms with van der Waals surface area (Å²) < 4.78 is 28.2. The van der Waals surface area contributed by atoms with Gasteiger partial charge in [0, 0.05) is 15.6 Å². The number of aliphatic hydroxyl groups excluding tert-OH is 1. The molecule has 0 aromatic heterocycles. The quantitative estimate of drug-likeness (QED) is 0.865. The van der Waals surface area contributed by atoms with Gasteiger partial charge in [-0.1, -0.05) is 28.1 Å². The van der Waals surface area contributed by atoms with E-state index in [1.54, 1.807) is 26.0 Å². The maximum Gasteiger partial charge on any atom is 0.130 e. The van der Waals surface area contributed by atoms with Crippen LogP contribution >= 0.6 is 15.9 Å². The number of halogens is 3. The topological polar surface area (TPSA) is 20.2 Å². The Morgan fingerprint density at radius 1 is 1.05 bits per heavy atom. The standard InChI is InChI=1S/C15H13BrF2O/c1-8-6-9(2)13(12(18)7-8)15(19)14-10(16)4-3-5-11(14)17/h3-7,15,19H,1-2H3. The van der Waals surface area contributed by atoms with Gasteiger partial charge < -0.3 is 5.11 Å². The zero-order chi connectivity index (χ0) is 14.2. The first-order chi connectivity index (χ1) is 8.91. The van der Waals surface area contributed by atoms with Gasteiger partial charge in [0.1, 0.15) is 17.7 Å². The molecule has 0 aliphatic carbocycles. The second-order valence-electron chi connectivity index (χ2n) is 4.52. The highest BCUT2D eigenvalue weighted by Crippen LogP contribution is 2.33. The predicted molar refractivity (Wildman–Crippen MR) is 74.0 cm³/mol. The third-order valence-corrected chi connectivity index (χ3v) is 3.72. The highest BCUT2D eigenvalue weighted by atomic mass is 79.9. The van der Waals surface area contributed by atoms with Crippen LogP contribution in [0.15, 0.2) is 34.8 Å². The summed E-state index contributed by atoms with van der Waals surface area (Å²) in [5.74, 6) is -1.10. The Hall–Kier alpha value is -1.26. The van der Waals surface area contributed by atoms with Crippen LogP contribution in [0.2, 0.25) is 0 Å². The van der Waals surface area contributed by atoms with E-state index in [0.29, 0.717) is 10.0 Å². The van der Waals surface area contributed by atoms with Crippen LogP contribution in [-0.2, 0) is 0 Å². The fourth-order valence-corrected chi connectivity index (χ4v) is 2.75. The zero-order valence-electron chi connectivity index (χ0n) is 10.5. The van der Waals surface area contributed by atoms with E-state index in [2.05, 4.69) is 15.9 Å². The average Bonchev–Trinajstić information content (AvgIpc) is 2.26. The summed E-state index contributed by atoms with van der Waals surface area (Å²) in [5, 5.41) is 10.3. The van der Waals surface area contributed by atoms with Crippen molar-refractivity contribution >= 4 is 15.9 Å². The smallest absolute Gasteiger partial charge is 0.130 e. The molecule has 0 radical (unpaired) electrons. The first-order valence-corrected chi connectivity index (χ1v) is 6.59. The van der Waals surface area contributed by atoms with Crippen LogP contribution in [0.5, 0.6) is 0 Å². The average molecular weight is 327 g/mol. The van der Waals surface area contributed by atoms with Gasteiger partial charge in [0.15, 0.2) is 0 Å². The molecule has 2 aromatic carbocycles. The molecular formula is C15H13BrF2O. The van der Waals surface area contributed by atoms with Crippen LogP contribution in [0, 0.1) is 25.5 Å². The predicted octanol–water partition coefficient (Wildman–Crippen LogP) is 4.43. The normalized spacial score (nSPS) is 12.5. The van der Waals surface area contributed by atoms with Crippen LogP contribution in [0.25, 0.3) is 0 Å². The van der Waals surface area contributed by atoms with E-state index in [1.165, 1.54) is 18.2 Å². The van der Waals surface area contributed by atoms with Gasteiger partial charge >= 0.3 is 0 Å². The number of hydrogen-bond acceptors (Lipinski definition) is 1. The summed E-state index contributed by atoms with van der Waals surface area (Å²) in [6, 6.07) is 7.47. The number of aliphatic hydroxyl groups is 1. The van der Waals surface area contributed by atoms with E-state index in [-0.39, 0.29) is 11.1 Å². The Kier molecular flexibility index (Phi) is 4.02. The second kappa shape index (κ2) is 5.39. The van der Waals surface area contributed by atoms with E-state index in [0.717, 1.165) is 5.56 Å². The lowest BCUT2D eigenvalue weighted by Crippen LogP contribution is -2.08. The van der Waals surface area contributed by atoms with E-state index >= 15 is 0 Å². The van der Waals surface area contributed by atoms with Gasteiger partial charge in [0.25, 0.3) is 0 Å². The minimum Gasteiger partial charge on any atom is -0.383 e. The number of benzene rings is 2. The molecule has 100 valence electrons. The molecule has 2 rings (SSSR count). The summed E-state index contributed by atoms with van der Waals surface area (Å²) in [6.45, 7) is 3.47. The first kappa shape index (κ1) is 14.2. The Balaban J connectivity index is 2.60. The van der Waals surface area contributed by atoms with Crippen molar-refractivity contribution < 1.29 is 13.9 Å². The van der Waals surface area contributed by atoms with Gasteiger partial charge in [-0.25, -0.2) is 8.78 Å². The molecule has 0 bridgehead atoms. The molecule has 0 spiro atoms. The van der Waals surface area contributed by atoms with Crippen molar-refractivity contribution in [2.75, 3.05) is 0 Å². The van der Waals surface area contributed by atoms with Crippen molar-refractivity contribution in [3.8, 4) is 0 Å². The monoisotopic (exact) mass is 326 g/mol. The lowest BCUT2D eigenvalue weighted by molar-refractivity contribution is 0.208. The zero-order valence-corrected chi connectivity index (χ0v) is 12.1. The van der Waals surface area contributed by atoms with Crippen LogP contribution in [0.3, 0.4) is 0 Å². The third kappa shape index (κ3) is 2.69. The van der Waals surface area contributed by atoms with Crippen LogP contribution in [-0.4, -0.2) is 5.11 Å². The van der Waals surface area contributed by atoms with Crippen molar-refractivity contribution in [1.29, 1.82) is 0 Å². The molecule has 4 heteroatoms. The fourth-order valence-electron chi connectivity index (χ4n) is 2.19. The third-order valence-electron chi connectivity index (χ3n) is 3.03. The van der Waals surface area contributed by atoms with Crippen LogP contribution in [0.1, 0.15) is 28.4 Å². The summed E-state index contributed by atoms with van der Waals surface area (Å²) in [7, 11) is 0. The molecule has 19 heavy (non-hydrogen) atoms. The molecule has 0 saturated carbocycles.